The molecule has 1 aromatic heterocycles. The largest absolute Gasteiger partial charge is 0.470 e. The summed E-state index contributed by atoms with van der Waals surface area (Å²) in [5, 5.41) is 2.67. The van der Waals surface area contributed by atoms with E-state index in [4.69, 9.17) is 4.74 Å². The van der Waals surface area contributed by atoms with Crippen LogP contribution in [0.15, 0.2) is 9.98 Å². The molecule has 1 heterocycles. The second kappa shape index (κ2) is 4.72. The third-order valence-corrected chi connectivity index (χ3v) is 2.64. The molecule has 0 amide bonds. The Morgan fingerprint density at radius 3 is 3.09 bits per heavy atom. The number of hydrogen-bond acceptors (Lipinski definition) is 3. The number of halogens is 1. The van der Waals surface area contributed by atoms with E-state index in [9.17, 15) is 0 Å². The van der Waals surface area contributed by atoms with Crippen LogP contribution < -0.4 is 4.74 Å². The van der Waals surface area contributed by atoms with Crippen LogP contribution in [0.2, 0.25) is 0 Å². The highest BCUT2D eigenvalue weighted by Gasteiger charge is 1.98. The molecule has 0 spiro atoms. The van der Waals surface area contributed by atoms with Crippen LogP contribution in [0.4, 0.5) is 0 Å². The summed E-state index contributed by atoms with van der Waals surface area (Å²) in [5.74, 6) is 0. The van der Waals surface area contributed by atoms with Gasteiger partial charge in [0.1, 0.15) is 4.60 Å². The first-order chi connectivity index (χ1) is 5.33. The van der Waals surface area contributed by atoms with E-state index in [2.05, 4.69) is 27.8 Å². The zero-order valence-corrected chi connectivity index (χ0v) is 8.74. The normalized spacial score (nSPS) is 10.0. The fraction of sp³-hybridized carbons (Fsp3) is 0.571. The smallest absolute Gasteiger partial charge is 0.274 e. The lowest BCUT2D eigenvalue weighted by Crippen LogP contribution is -1.95. The third-order valence-electron chi connectivity index (χ3n) is 1.18. The Hall–Kier alpha value is -0.0900. The van der Waals surface area contributed by atoms with Crippen molar-refractivity contribution >= 4 is 27.3 Å². The zero-order valence-electron chi connectivity index (χ0n) is 6.34. The van der Waals surface area contributed by atoms with Crippen molar-refractivity contribution in [2.24, 2.45) is 0 Å². The first-order valence-corrected chi connectivity index (χ1v) is 5.24. The van der Waals surface area contributed by atoms with Crippen LogP contribution in [0.3, 0.4) is 0 Å². The molecule has 2 nitrogen and oxygen atoms in total. The minimum absolute atomic E-state index is 0.755. The standard InChI is InChI=1S/C7H10BrNOS/c1-2-3-4-10-7-9-6(8)5-11-7/h5H,2-4H2,1H3. The molecule has 0 radical (unpaired) electrons. The van der Waals surface area contributed by atoms with E-state index in [1.54, 1.807) is 0 Å². The predicted molar refractivity (Wildman–Crippen MR) is 50.2 cm³/mol. The first kappa shape index (κ1) is 9.00. The summed E-state index contributed by atoms with van der Waals surface area (Å²) in [5.41, 5.74) is 0. The van der Waals surface area contributed by atoms with Crippen molar-refractivity contribution in [2.75, 3.05) is 6.61 Å². The molecule has 0 aliphatic carbocycles. The van der Waals surface area contributed by atoms with Gasteiger partial charge in [-0.2, -0.15) is 4.98 Å². The van der Waals surface area contributed by atoms with Gasteiger partial charge in [-0.15, -0.1) is 0 Å². The Balaban J connectivity index is 2.27. The highest BCUT2D eigenvalue weighted by Crippen LogP contribution is 2.21. The summed E-state index contributed by atoms with van der Waals surface area (Å²) in [6.45, 7) is 2.91. The quantitative estimate of drug-likeness (QED) is 0.749. The minimum atomic E-state index is 0.755. The van der Waals surface area contributed by atoms with Crippen molar-refractivity contribution in [1.29, 1.82) is 0 Å². The summed E-state index contributed by atoms with van der Waals surface area (Å²) >= 11 is 4.78. The van der Waals surface area contributed by atoms with Gasteiger partial charge in [0.15, 0.2) is 0 Å². The lowest BCUT2D eigenvalue weighted by Gasteiger charge is -1.98. The maximum absolute atomic E-state index is 5.34. The molecular weight excluding hydrogens is 226 g/mol. The van der Waals surface area contributed by atoms with Crippen LogP contribution in [0.25, 0.3) is 0 Å². The Morgan fingerprint density at radius 1 is 1.73 bits per heavy atom. The summed E-state index contributed by atoms with van der Waals surface area (Å²) < 4.78 is 6.20. The maximum atomic E-state index is 5.34. The number of aromatic nitrogens is 1. The molecule has 0 aliphatic rings. The van der Waals surface area contributed by atoms with Gasteiger partial charge in [0.2, 0.25) is 0 Å². The van der Waals surface area contributed by atoms with Gasteiger partial charge >= 0.3 is 0 Å². The van der Waals surface area contributed by atoms with Crippen LogP contribution in [0, 0.1) is 0 Å². The average Bonchev–Trinajstić information content (AvgIpc) is 2.37. The molecule has 1 aromatic rings. The van der Waals surface area contributed by atoms with Crippen molar-refractivity contribution in [3.63, 3.8) is 0 Å². The number of rotatable bonds is 4. The monoisotopic (exact) mass is 235 g/mol. The molecular formula is C7H10BrNOS. The molecule has 0 aliphatic heterocycles. The molecule has 4 heteroatoms. The van der Waals surface area contributed by atoms with Crippen LogP contribution in [-0.2, 0) is 0 Å². The molecule has 0 aromatic carbocycles. The number of hydrogen-bond donors (Lipinski definition) is 0. The zero-order chi connectivity index (χ0) is 8.10. The molecule has 11 heavy (non-hydrogen) atoms. The van der Waals surface area contributed by atoms with Gasteiger partial charge in [-0.3, -0.25) is 0 Å². The fourth-order valence-electron chi connectivity index (χ4n) is 0.609. The van der Waals surface area contributed by atoms with E-state index in [0.29, 0.717) is 0 Å². The first-order valence-electron chi connectivity index (χ1n) is 3.56. The van der Waals surface area contributed by atoms with E-state index in [-0.39, 0.29) is 0 Å². The molecule has 0 saturated heterocycles. The van der Waals surface area contributed by atoms with Crippen molar-refractivity contribution in [3.05, 3.63) is 9.98 Å². The van der Waals surface area contributed by atoms with E-state index in [1.807, 2.05) is 5.38 Å². The summed E-state index contributed by atoms with van der Waals surface area (Å²) in [6.07, 6.45) is 2.25. The van der Waals surface area contributed by atoms with Crippen LogP contribution >= 0.6 is 27.3 Å². The SMILES string of the molecule is CCCCOc1nc(Br)cs1. The minimum Gasteiger partial charge on any atom is -0.470 e. The van der Waals surface area contributed by atoms with Gasteiger partial charge in [0.05, 0.1) is 6.61 Å². The summed E-state index contributed by atoms with van der Waals surface area (Å²) in [7, 11) is 0. The summed E-state index contributed by atoms with van der Waals surface area (Å²) in [6, 6.07) is 0. The lowest BCUT2D eigenvalue weighted by molar-refractivity contribution is 0.307. The Kier molecular flexibility index (Phi) is 3.86. The van der Waals surface area contributed by atoms with E-state index >= 15 is 0 Å². The topological polar surface area (TPSA) is 22.1 Å². The van der Waals surface area contributed by atoms with Crippen molar-refractivity contribution in [2.45, 2.75) is 19.8 Å². The third kappa shape index (κ3) is 3.20. The highest BCUT2D eigenvalue weighted by molar-refractivity contribution is 9.10. The Labute approximate surface area is 78.7 Å². The van der Waals surface area contributed by atoms with E-state index < -0.39 is 0 Å². The van der Waals surface area contributed by atoms with Crippen molar-refractivity contribution in [1.82, 2.24) is 4.98 Å². The van der Waals surface area contributed by atoms with Gasteiger partial charge in [-0.1, -0.05) is 24.7 Å². The average molecular weight is 236 g/mol. The molecule has 0 N–H and O–H groups in total. The fourth-order valence-corrected chi connectivity index (χ4v) is 1.72. The van der Waals surface area contributed by atoms with Gasteiger partial charge in [0, 0.05) is 5.38 Å². The molecule has 1 rings (SSSR count). The van der Waals surface area contributed by atoms with Crippen LogP contribution in [0.5, 0.6) is 5.19 Å². The number of ether oxygens (including phenoxy) is 1. The summed E-state index contributed by atoms with van der Waals surface area (Å²) in [4.78, 5) is 4.10. The maximum Gasteiger partial charge on any atom is 0.274 e. The molecule has 0 unspecified atom stereocenters. The Morgan fingerprint density at radius 2 is 2.55 bits per heavy atom. The molecule has 62 valence electrons. The van der Waals surface area contributed by atoms with E-state index in [1.165, 1.54) is 11.3 Å². The number of thiazole rings is 1. The lowest BCUT2D eigenvalue weighted by atomic mass is 10.4. The molecule has 0 atom stereocenters. The van der Waals surface area contributed by atoms with Crippen molar-refractivity contribution < 1.29 is 4.74 Å². The van der Waals surface area contributed by atoms with Gasteiger partial charge in [0.25, 0.3) is 5.19 Å². The predicted octanol–water partition coefficient (Wildman–Crippen LogP) is 3.08. The highest BCUT2D eigenvalue weighted by atomic mass is 79.9. The molecule has 0 bridgehead atoms. The second-order valence-corrected chi connectivity index (χ2v) is 3.77. The van der Waals surface area contributed by atoms with Crippen LogP contribution in [0.1, 0.15) is 19.8 Å². The Bertz CT molecular complexity index is 214. The van der Waals surface area contributed by atoms with Crippen LogP contribution in [-0.4, -0.2) is 11.6 Å². The molecule has 0 saturated carbocycles. The van der Waals surface area contributed by atoms with E-state index in [0.717, 1.165) is 29.2 Å². The van der Waals surface area contributed by atoms with Gasteiger partial charge in [-0.25, -0.2) is 0 Å². The second-order valence-electron chi connectivity index (χ2n) is 2.14. The molecule has 0 fully saturated rings. The number of nitrogens with zero attached hydrogens (tertiary/aromatic N) is 1. The van der Waals surface area contributed by atoms with Gasteiger partial charge in [-0.05, 0) is 22.4 Å². The van der Waals surface area contributed by atoms with Crippen molar-refractivity contribution in [3.8, 4) is 5.19 Å². The number of unbranched alkanes of at least 4 members (excludes halogenated alkanes) is 1. The van der Waals surface area contributed by atoms with Gasteiger partial charge < -0.3 is 4.74 Å².